The van der Waals surface area contributed by atoms with E-state index < -0.39 is 26.5 Å². The number of likely N-dealkylation sites (N-methyl/N-ethyl adjacent to an activating group) is 1. The number of nitrogens with zero attached hydrogens (tertiary/aromatic N) is 1. The van der Waals surface area contributed by atoms with Crippen LogP contribution < -0.4 is 4.89 Å². The van der Waals surface area contributed by atoms with Gasteiger partial charge in [0.25, 0.3) is 7.82 Å². The van der Waals surface area contributed by atoms with Gasteiger partial charge in [0.2, 0.25) is 0 Å². The highest BCUT2D eigenvalue weighted by Gasteiger charge is 2.21. The Morgan fingerprint density at radius 1 is 0.500 bits per heavy atom. The van der Waals surface area contributed by atoms with Gasteiger partial charge in [-0.25, -0.2) is 0 Å². The summed E-state index contributed by atoms with van der Waals surface area (Å²) < 4.78 is 33.9. The minimum Gasteiger partial charge on any atom is -0.756 e. The van der Waals surface area contributed by atoms with Crippen molar-refractivity contribution < 1.29 is 42.1 Å². The summed E-state index contributed by atoms with van der Waals surface area (Å²) in [5.41, 5.74) is 0. The predicted octanol–water partition coefficient (Wildman–Crippen LogP) is 12.2. The molecule has 0 aliphatic carbocycles. The van der Waals surface area contributed by atoms with E-state index in [2.05, 4.69) is 13.8 Å². The number of quaternary nitrogens is 1. The molecule has 0 N–H and O–H groups in total. The summed E-state index contributed by atoms with van der Waals surface area (Å²) in [4.78, 5) is 37.5. The lowest BCUT2D eigenvalue weighted by atomic mass is 10.0. The molecular weight excluding hydrogens is 701 g/mol. The number of phosphoric ester groups is 1. The van der Waals surface area contributed by atoms with Crippen LogP contribution in [0.3, 0.4) is 0 Å². The maximum Gasteiger partial charge on any atom is 0.306 e. The lowest BCUT2D eigenvalue weighted by molar-refractivity contribution is -0.870. The Morgan fingerprint density at radius 2 is 0.833 bits per heavy atom. The lowest BCUT2D eigenvalue weighted by Crippen LogP contribution is -2.37. The molecule has 0 spiro atoms. The molecule has 0 aromatic carbocycles. The monoisotopic (exact) mass is 790 g/mol. The third kappa shape index (κ3) is 40.7. The van der Waals surface area contributed by atoms with Crippen molar-refractivity contribution in [2.75, 3.05) is 47.5 Å². The fourth-order valence-corrected chi connectivity index (χ4v) is 7.27. The van der Waals surface area contributed by atoms with Gasteiger partial charge in [-0.3, -0.25) is 14.2 Å². The van der Waals surface area contributed by atoms with E-state index in [4.69, 9.17) is 18.5 Å². The van der Waals surface area contributed by atoms with Crippen molar-refractivity contribution >= 4 is 19.8 Å². The number of hydrogen-bond acceptors (Lipinski definition) is 8. The highest BCUT2D eigenvalue weighted by Crippen LogP contribution is 2.38. The summed E-state index contributed by atoms with van der Waals surface area (Å²) in [5, 5.41) is 0. The van der Waals surface area contributed by atoms with Crippen LogP contribution in [0.2, 0.25) is 0 Å². The first kappa shape index (κ1) is 53.0. The van der Waals surface area contributed by atoms with Crippen molar-refractivity contribution in [2.45, 2.75) is 225 Å². The van der Waals surface area contributed by atoms with E-state index in [0.29, 0.717) is 17.4 Å². The molecule has 0 amide bonds. The number of hydrogen-bond donors (Lipinski definition) is 0. The maximum atomic E-state index is 12.7. The fraction of sp³-hybridized carbons (Fsp3) is 0.955. The van der Waals surface area contributed by atoms with E-state index in [1.807, 2.05) is 21.1 Å². The van der Waals surface area contributed by atoms with Crippen LogP contribution in [0, 0.1) is 0 Å². The van der Waals surface area contributed by atoms with Gasteiger partial charge >= 0.3 is 11.9 Å². The van der Waals surface area contributed by atoms with E-state index in [9.17, 15) is 19.0 Å². The van der Waals surface area contributed by atoms with Crippen LogP contribution in [0.1, 0.15) is 219 Å². The average molecular weight is 790 g/mol. The molecule has 2 atom stereocenters. The normalized spacial score (nSPS) is 13.5. The molecule has 54 heavy (non-hydrogen) atoms. The Morgan fingerprint density at radius 3 is 1.19 bits per heavy atom. The van der Waals surface area contributed by atoms with Crippen molar-refractivity contribution in [1.29, 1.82) is 0 Å². The molecule has 322 valence electrons. The summed E-state index contributed by atoms with van der Waals surface area (Å²) in [5.74, 6) is -0.820. The van der Waals surface area contributed by atoms with Crippen LogP contribution in [0.4, 0.5) is 0 Å². The number of unbranched alkanes of at least 4 members (excludes halogenated alkanes) is 28. The Balaban J connectivity index is 4.27. The summed E-state index contributed by atoms with van der Waals surface area (Å²) in [6, 6.07) is 0. The SMILES string of the molecule is CCCCCCCCCCCCCCCCCCCCC(=O)O[C@H](COC(=O)CCCCCCCCCCCCCC)COP(=O)([O-])OCC[N+](C)(C)C. The Bertz CT molecular complexity index is 896. The molecule has 0 aromatic heterocycles. The molecule has 0 radical (unpaired) electrons. The predicted molar refractivity (Wildman–Crippen MR) is 222 cm³/mol. The van der Waals surface area contributed by atoms with Crippen LogP contribution in [0.25, 0.3) is 0 Å². The van der Waals surface area contributed by atoms with Crippen molar-refractivity contribution in [3.05, 3.63) is 0 Å². The molecular formula is C44H88NO8P. The second kappa shape index (κ2) is 37.6. The van der Waals surface area contributed by atoms with Crippen molar-refractivity contribution in [3.63, 3.8) is 0 Å². The van der Waals surface area contributed by atoms with Crippen molar-refractivity contribution in [2.24, 2.45) is 0 Å². The standard InChI is InChI=1S/C44H88NO8P/c1-6-8-10-12-14-16-18-20-21-22-23-24-25-27-29-31-33-35-37-44(47)53-42(41-52-54(48,49)51-39-38-45(3,4)5)40-50-43(46)36-34-32-30-28-26-19-17-15-13-11-9-7-2/h42H,6-41H2,1-5H3/t42-/m1/s1. The van der Waals surface area contributed by atoms with Gasteiger partial charge in [0.05, 0.1) is 27.7 Å². The van der Waals surface area contributed by atoms with Crippen LogP contribution in [0.15, 0.2) is 0 Å². The van der Waals surface area contributed by atoms with E-state index in [0.717, 1.165) is 32.1 Å². The smallest absolute Gasteiger partial charge is 0.306 e. The number of carbonyl (C=O) groups is 2. The van der Waals surface area contributed by atoms with E-state index in [1.165, 1.54) is 154 Å². The first-order chi connectivity index (χ1) is 26.0. The molecule has 1 unspecified atom stereocenters. The highest BCUT2D eigenvalue weighted by atomic mass is 31.2. The van der Waals surface area contributed by atoms with Gasteiger partial charge < -0.3 is 27.9 Å². The van der Waals surface area contributed by atoms with Crippen LogP contribution in [0.5, 0.6) is 0 Å². The largest absolute Gasteiger partial charge is 0.756 e. The Labute approximate surface area is 334 Å². The molecule has 0 rings (SSSR count). The number of phosphoric acid groups is 1. The van der Waals surface area contributed by atoms with E-state index in [-0.39, 0.29) is 32.0 Å². The lowest BCUT2D eigenvalue weighted by Gasteiger charge is -2.28. The second-order valence-electron chi connectivity index (χ2n) is 16.8. The average Bonchev–Trinajstić information content (AvgIpc) is 3.12. The second-order valence-corrected chi connectivity index (χ2v) is 18.2. The van der Waals surface area contributed by atoms with E-state index in [1.54, 1.807) is 0 Å². The van der Waals surface area contributed by atoms with Gasteiger partial charge in [-0.05, 0) is 12.8 Å². The topological polar surface area (TPSA) is 111 Å². The molecule has 9 nitrogen and oxygen atoms in total. The Kier molecular flexibility index (Phi) is 36.9. The van der Waals surface area contributed by atoms with Crippen LogP contribution in [-0.2, 0) is 32.7 Å². The molecule has 0 saturated carbocycles. The summed E-state index contributed by atoms with van der Waals surface area (Å²) in [7, 11) is 1.18. The van der Waals surface area contributed by atoms with Crippen LogP contribution in [-0.4, -0.2) is 70.0 Å². The van der Waals surface area contributed by atoms with Crippen molar-refractivity contribution in [3.8, 4) is 0 Å². The highest BCUT2D eigenvalue weighted by molar-refractivity contribution is 7.45. The summed E-state index contributed by atoms with van der Waals surface area (Å²) >= 11 is 0. The molecule has 0 saturated heterocycles. The first-order valence-corrected chi connectivity index (χ1v) is 24.2. The van der Waals surface area contributed by atoms with Crippen LogP contribution >= 0.6 is 7.82 Å². The van der Waals surface area contributed by atoms with Gasteiger partial charge in [0.15, 0.2) is 6.10 Å². The van der Waals surface area contributed by atoms with Crippen molar-refractivity contribution in [1.82, 2.24) is 0 Å². The van der Waals surface area contributed by atoms with Gasteiger partial charge in [-0.2, -0.15) is 0 Å². The first-order valence-electron chi connectivity index (χ1n) is 22.7. The third-order valence-electron chi connectivity index (χ3n) is 10.1. The Hall–Kier alpha value is -0.990. The zero-order valence-electron chi connectivity index (χ0n) is 36.2. The fourth-order valence-electron chi connectivity index (χ4n) is 6.54. The number of ether oxygens (including phenoxy) is 2. The quantitative estimate of drug-likeness (QED) is 0.0260. The molecule has 0 fully saturated rings. The molecule has 0 aliphatic heterocycles. The molecule has 0 aliphatic rings. The van der Waals surface area contributed by atoms with Gasteiger partial charge in [0, 0.05) is 12.8 Å². The number of rotatable bonds is 42. The maximum absolute atomic E-state index is 12.7. The van der Waals surface area contributed by atoms with Gasteiger partial charge in [0.1, 0.15) is 19.8 Å². The number of esters is 2. The zero-order valence-corrected chi connectivity index (χ0v) is 37.1. The summed E-state index contributed by atoms with van der Waals surface area (Å²) in [6.07, 6.45) is 36.9. The molecule has 0 aromatic rings. The zero-order chi connectivity index (χ0) is 40.0. The minimum absolute atomic E-state index is 0.0257. The number of carbonyl (C=O) groups excluding carboxylic acids is 2. The third-order valence-corrected chi connectivity index (χ3v) is 11.1. The van der Waals surface area contributed by atoms with Gasteiger partial charge in [-0.15, -0.1) is 0 Å². The summed E-state index contributed by atoms with van der Waals surface area (Å²) in [6.45, 7) is 4.26. The van der Waals surface area contributed by atoms with E-state index >= 15 is 0 Å². The minimum atomic E-state index is -4.61. The van der Waals surface area contributed by atoms with Gasteiger partial charge in [-0.1, -0.05) is 194 Å². The molecule has 0 bridgehead atoms. The molecule has 0 heterocycles. The molecule has 10 heteroatoms.